The van der Waals surface area contributed by atoms with Gasteiger partial charge >= 0.3 is 0 Å². The molecule has 5 nitrogen and oxygen atoms in total. The van der Waals surface area contributed by atoms with Crippen LogP contribution in [-0.2, 0) is 10.0 Å². The summed E-state index contributed by atoms with van der Waals surface area (Å²) in [5.74, 6) is 0. The van der Waals surface area contributed by atoms with Crippen LogP contribution in [0, 0.1) is 0 Å². The lowest BCUT2D eigenvalue weighted by molar-refractivity contribution is 0.303. The highest BCUT2D eigenvalue weighted by Gasteiger charge is 2.22. The molecule has 1 unspecified atom stereocenters. The number of halogens is 1. The van der Waals surface area contributed by atoms with E-state index in [1.165, 1.54) is 12.3 Å². The molecule has 1 N–H and O–H groups in total. The molecule has 0 aliphatic carbocycles. The molecular weight excluding hydrogens is 330 g/mol. The molecule has 2 aromatic rings. The standard InChI is InChI=1S/C13H16ClN3O2S2/c1-17(2)10(11-5-4-8-20-11)9-16-21(18,19)12-6-3-7-15-13(12)14/h3-8,10,16H,9H2,1-2H3. The maximum atomic E-state index is 12.3. The largest absolute Gasteiger partial charge is 0.300 e. The summed E-state index contributed by atoms with van der Waals surface area (Å²) in [6.45, 7) is 0.265. The van der Waals surface area contributed by atoms with Gasteiger partial charge < -0.3 is 4.90 Å². The minimum atomic E-state index is -3.68. The van der Waals surface area contributed by atoms with Crippen molar-refractivity contribution in [2.45, 2.75) is 10.9 Å². The van der Waals surface area contributed by atoms with Crippen LogP contribution >= 0.6 is 22.9 Å². The summed E-state index contributed by atoms with van der Waals surface area (Å²) in [7, 11) is 0.148. The summed E-state index contributed by atoms with van der Waals surface area (Å²) in [4.78, 5) is 6.86. The number of nitrogens with one attached hydrogen (secondary N) is 1. The number of rotatable bonds is 6. The summed E-state index contributed by atoms with van der Waals surface area (Å²) >= 11 is 7.44. The lowest BCUT2D eigenvalue weighted by atomic mass is 10.2. The Bertz CT molecular complexity index is 687. The highest BCUT2D eigenvalue weighted by atomic mass is 35.5. The van der Waals surface area contributed by atoms with Gasteiger partial charge in [0.25, 0.3) is 0 Å². The molecule has 0 saturated carbocycles. The Hall–Kier alpha value is -0.990. The van der Waals surface area contributed by atoms with Crippen molar-refractivity contribution in [1.29, 1.82) is 0 Å². The molecule has 21 heavy (non-hydrogen) atoms. The van der Waals surface area contributed by atoms with Gasteiger partial charge in [-0.05, 0) is 37.7 Å². The number of hydrogen-bond acceptors (Lipinski definition) is 5. The molecule has 0 amide bonds. The monoisotopic (exact) mass is 345 g/mol. The third kappa shape index (κ3) is 4.02. The molecular formula is C13H16ClN3O2S2. The molecule has 0 saturated heterocycles. The van der Waals surface area contributed by atoms with Crippen molar-refractivity contribution in [3.63, 3.8) is 0 Å². The third-order valence-electron chi connectivity index (χ3n) is 2.98. The number of sulfonamides is 1. The number of pyridine rings is 1. The van der Waals surface area contributed by atoms with Crippen molar-refractivity contribution in [3.8, 4) is 0 Å². The zero-order chi connectivity index (χ0) is 15.5. The van der Waals surface area contributed by atoms with Gasteiger partial charge in [-0.15, -0.1) is 11.3 Å². The summed E-state index contributed by atoms with van der Waals surface area (Å²) in [6, 6.07) is 6.88. The van der Waals surface area contributed by atoms with Gasteiger partial charge in [0.2, 0.25) is 10.0 Å². The highest BCUT2D eigenvalue weighted by Crippen LogP contribution is 2.24. The van der Waals surface area contributed by atoms with Gasteiger partial charge in [0.15, 0.2) is 0 Å². The van der Waals surface area contributed by atoms with E-state index in [1.54, 1.807) is 17.4 Å². The van der Waals surface area contributed by atoms with E-state index in [4.69, 9.17) is 11.6 Å². The van der Waals surface area contributed by atoms with Crippen LogP contribution in [0.2, 0.25) is 5.15 Å². The second kappa shape index (κ2) is 6.85. The van der Waals surface area contributed by atoms with Crippen molar-refractivity contribution < 1.29 is 8.42 Å². The van der Waals surface area contributed by atoms with Gasteiger partial charge in [-0.25, -0.2) is 18.1 Å². The molecule has 2 heterocycles. The van der Waals surface area contributed by atoms with Crippen LogP contribution in [0.1, 0.15) is 10.9 Å². The Labute approximate surface area is 133 Å². The highest BCUT2D eigenvalue weighted by molar-refractivity contribution is 7.89. The summed E-state index contributed by atoms with van der Waals surface area (Å²) in [5.41, 5.74) is 0. The first-order valence-electron chi connectivity index (χ1n) is 6.22. The summed E-state index contributed by atoms with van der Waals surface area (Å²) in [5, 5.41) is 1.95. The van der Waals surface area contributed by atoms with E-state index < -0.39 is 10.0 Å². The molecule has 8 heteroatoms. The van der Waals surface area contributed by atoms with Crippen LogP contribution in [0.5, 0.6) is 0 Å². The van der Waals surface area contributed by atoms with E-state index in [0.717, 1.165) is 4.88 Å². The van der Waals surface area contributed by atoms with E-state index in [2.05, 4.69) is 9.71 Å². The molecule has 0 aromatic carbocycles. The zero-order valence-corrected chi connectivity index (χ0v) is 14.0. The predicted octanol–water partition coefficient (Wildman–Crippen LogP) is 2.38. The first kappa shape index (κ1) is 16.4. The Kier molecular flexibility index (Phi) is 5.34. The second-order valence-corrected chi connectivity index (χ2v) is 7.71. The minimum absolute atomic E-state index is 0.00430. The number of likely N-dealkylation sites (N-methyl/N-ethyl adjacent to an activating group) is 1. The first-order chi connectivity index (χ1) is 9.92. The topological polar surface area (TPSA) is 62.3 Å². The van der Waals surface area contributed by atoms with Gasteiger partial charge in [0.05, 0.1) is 6.04 Å². The molecule has 0 aliphatic heterocycles. The molecule has 1 atom stereocenters. The summed E-state index contributed by atoms with van der Waals surface area (Å²) < 4.78 is 27.2. The lowest BCUT2D eigenvalue weighted by Gasteiger charge is -2.23. The Balaban J connectivity index is 2.16. The normalized spacial score (nSPS) is 13.5. The van der Waals surface area contributed by atoms with Crippen molar-refractivity contribution in [2.24, 2.45) is 0 Å². The van der Waals surface area contributed by atoms with Gasteiger partial charge in [0, 0.05) is 17.6 Å². The smallest absolute Gasteiger partial charge is 0.243 e. The van der Waals surface area contributed by atoms with Gasteiger partial charge in [0.1, 0.15) is 10.0 Å². The average molecular weight is 346 g/mol. The van der Waals surface area contributed by atoms with Crippen LogP contribution < -0.4 is 4.72 Å². The van der Waals surface area contributed by atoms with E-state index in [9.17, 15) is 8.42 Å². The fourth-order valence-electron chi connectivity index (χ4n) is 1.86. The third-order valence-corrected chi connectivity index (χ3v) is 5.82. The van der Waals surface area contributed by atoms with E-state index in [1.807, 2.05) is 36.5 Å². The molecule has 2 aromatic heterocycles. The quantitative estimate of drug-likeness (QED) is 0.816. The minimum Gasteiger partial charge on any atom is -0.300 e. The van der Waals surface area contributed by atoms with E-state index in [0.29, 0.717) is 0 Å². The van der Waals surface area contributed by atoms with E-state index in [-0.39, 0.29) is 22.6 Å². The lowest BCUT2D eigenvalue weighted by Crippen LogP contribution is -2.34. The van der Waals surface area contributed by atoms with Crippen LogP contribution in [0.3, 0.4) is 0 Å². The Morgan fingerprint density at radius 3 is 2.71 bits per heavy atom. The number of nitrogens with zero attached hydrogens (tertiary/aromatic N) is 2. The molecule has 2 rings (SSSR count). The second-order valence-electron chi connectivity index (χ2n) is 4.64. The first-order valence-corrected chi connectivity index (χ1v) is 8.96. The molecule has 0 fully saturated rings. The fourth-order valence-corrected chi connectivity index (χ4v) is 4.27. The Morgan fingerprint density at radius 2 is 2.14 bits per heavy atom. The van der Waals surface area contributed by atoms with Crippen molar-refractivity contribution >= 4 is 33.0 Å². The van der Waals surface area contributed by atoms with E-state index >= 15 is 0 Å². The van der Waals surface area contributed by atoms with Gasteiger partial charge in [-0.2, -0.15) is 0 Å². The molecule has 0 spiro atoms. The van der Waals surface area contributed by atoms with Crippen LogP contribution in [0.4, 0.5) is 0 Å². The molecule has 0 aliphatic rings. The van der Waals surface area contributed by atoms with Gasteiger partial charge in [-0.1, -0.05) is 17.7 Å². The number of hydrogen-bond donors (Lipinski definition) is 1. The fraction of sp³-hybridized carbons (Fsp3) is 0.308. The van der Waals surface area contributed by atoms with Gasteiger partial charge in [-0.3, -0.25) is 0 Å². The zero-order valence-electron chi connectivity index (χ0n) is 11.7. The van der Waals surface area contributed by atoms with Crippen LogP contribution in [0.15, 0.2) is 40.7 Å². The number of thiophene rings is 1. The van der Waals surface area contributed by atoms with Crippen molar-refractivity contribution in [2.75, 3.05) is 20.6 Å². The molecule has 0 radical (unpaired) electrons. The van der Waals surface area contributed by atoms with Crippen molar-refractivity contribution in [3.05, 3.63) is 45.9 Å². The maximum Gasteiger partial charge on any atom is 0.243 e. The SMILES string of the molecule is CN(C)C(CNS(=O)(=O)c1cccnc1Cl)c1cccs1. The van der Waals surface area contributed by atoms with Crippen molar-refractivity contribution in [1.82, 2.24) is 14.6 Å². The number of aromatic nitrogens is 1. The average Bonchev–Trinajstić information content (AvgIpc) is 2.92. The Morgan fingerprint density at radius 1 is 1.38 bits per heavy atom. The summed E-state index contributed by atoms with van der Waals surface area (Å²) in [6.07, 6.45) is 1.45. The predicted molar refractivity (Wildman–Crippen MR) is 85.2 cm³/mol. The van der Waals surface area contributed by atoms with Crippen LogP contribution in [0.25, 0.3) is 0 Å². The van der Waals surface area contributed by atoms with Crippen LogP contribution in [-0.4, -0.2) is 38.9 Å². The molecule has 114 valence electrons. The maximum absolute atomic E-state index is 12.3. The molecule has 0 bridgehead atoms.